The summed E-state index contributed by atoms with van der Waals surface area (Å²) in [6, 6.07) is 6.59. The average Bonchev–Trinajstić information content (AvgIpc) is 2.94. The summed E-state index contributed by atoms with van der Waals surface area (Å²) in [4.78, 5) is 7.21. The Morgan fingerprint density at radius 3 is 2.21 bits per heavy atom. The molecule has 3 rings (SSSR count). The molecule has 0 unspecified atom stereocenters. The number of nitrogens with two attached hydrogens (primary N) is 1. The molecule has 0 atom stereocenters. The van der Waals surface area contributed by atoms with E-state index in [1.54, 1.807) is 0 Å². The summed E-state index contributed by atoms with van der Waals surface area (Å²) in [6.45, 7) is 6.73. The molecule has 2 heterocycles. The molecule has 0 saturated carbocycles. The van der Waals surface area contributed by atoms with Crippen molar-refractivity contribution in [1.82, 2.24) is 4.90 Å². The van der Waals surface area contributed by atoms with Crippen LogP contribution in [0, 0.1) is 0 Å². The van der Waals surface area contributed by atoms with Gasteiger partial charge in [0.15, 0.2) is 0 Å². The van der Waals surface area contributed by atoms with Gasteiger partial charge in [0.05, 0.1) is 11.4 Å². The molecule has 2 N–H and O–H groups in total. The van der Waals surface area contributed by atoms with Crippen molar-refractivity contribution >= 4 is 17.1 Å². The summed E-state index contributed by atoms with van der Waals surface area (Å²) < 4.78 is 0. The lowest BCUT2D eigenvalue weighted by molar-refractivity contribution is 0.313. The van der Waals surface area contributed by atoms with Crippen LogP contribution >= 0.6 is 0 Å². The summed E-state index contributed by atoms with van der Waals surface area (Å²) in [7, 11) is 2.18. The van der Waals surface area contributed by atoms with Crippen molar-refractivity contribution in [2.24, 2.45) is 0 Å². The van der Waals surface area contributed by atoms with Gasteiger partial charge >= 0.3 is 0 Å². The quantitative estimate of drug-likeness (QED) is 0.820. The number of anilines is 3. The van der Waals surface area contributed by atoms with Gasteiger partial charge in [-0.2, -0.15) is 0 Å². The van der Waals surface area contributed by atoms with Crippen molar-refractivity contribution in [3.05, 3.63) is 18.2 Å². The van der Waals surface area contributed by atoms with Crippen molar-refractivity contribution in [3.8, 4) is 0 Å². The highest BCUT2D eigenvalue weighted by molar-refractivity contribution is 5.73. The maximum absolute atomic E-state index is 6.27. The Morgan fingerprint density at radius 2 is 1.58 bits per heavy atom. The van der Waals surface area contributed by atoms with E-state index >= 15 is 0 Å². The molecule has 1 aromatic rings. The lowest BCUT2D eigenvalue weighted by Crippen LogP contribution is -2.44. The van der Waals surface area contributed by atoms with E-state index in [0.717, 1.165) is 31.9 Å². The third kappa shape index (κ3) is 2.63. The molecule has 0 aromatic heterocycles. The van der Waals surface area contributed by atoms with Gasteiger partial charge in [0.1, 0.15) is 0 Å². The Bertz CT molecular complexity index is 432. The molecule has 1 aromatic carbocycles. The van der Waals surface area contributed by atoms with Crippen molar-refractivity contribution in [2.75, 3.05) is 61.8 Å². The minimum absolute atomic E-state index is 0.925. The number of hydrogen-bond acceptors (Lipinski definition) is 4. The third-order valence-electron chi connectivity index (χ3n) is 4.33. The summed E-state index contributed by atoms with van der Waals surface area (Å²) in [5.74, 6) is 0. The first-order valence-corrected chi connectivity index (χ1v) is 7.32. The Morgan fingerprint density at radius 1 is 0.895 bits per heavy atom. The van der Waals surface area contributed by atoms with E-state index in [1.807, 2.05) is 0 Å². The molecule has 0 spiro atoms. The first-order valence-electron chi connectivity index (χ1n) is 7.32. The highest BCUT2D eigenvalue weighted by Gasteiger charge is 2.18. The van der Waals surface area contributed by atoms with Gasteiger partial charge in [0, 0.05) is 45.0 Å². The standard InChI is InChI=1S/C15H24N4/c1-17-8-10-19(11-9-17)15-5-4-13(12-14(15)16)18-6-2-3-7-18/h4-5,12H,2-3,6-11,16H2,1H3. The van der Waals surface area contributed by atoms with Gasteiger partial charge in [0.2, 0.25) is 0 Å². The molecule has 0 amide bonds. The van der Waals surface area contributed by atoms with Crippen molar-refractivity contribution in [3.63, 3.8) is 0 Å². The van der Waals surface area contributed by atoms with E-state index in [1.165, 1.54) is 37.3 Å². The Labute approximate surface area is 115 Å². The second-order valence-electron chi connectivity index (χ2n) is 5.73. The van der Waals surface area contributed by atoms with E-state index in [9.17, 15) is 0 Å². The average molecular weight is 260 g/mol. The highest BCUT2D eigenvalue weighted by atomic mass is 15.3. The number of rotatable bonds is 2. The number of hydrogen-bond donors (Lipinski definition) is 1. The zero-order valence-electron chi connectivity index (χ0n) is 11.8. The molecule has 2 fully saturated rings. The van der Waals surface area contributed by atoms with Gasteiger partial charge in [-0.05, 0) is 38.1 Å². The van der Waals surface area contributed by atoms with Crippen molar-refractivity contribution < 1.29 is 0 Å². The van der Waals surface area contributed by atoms with Crippen LogP contribution in [-0.2, 0) is 0 Å². The van der Waals surface area contributed by atoms with Crippen LogP contribution in [0.1, 0.15) is 12.8 Å². The number of piperazine rings is 1. The number of benzene rings is 1. The number of nitrogen functional groups attached to an aromatic ring is 1. The summed E-state index contributed by atoms with van der Waals surface area (Å²) >= 11 is 0. The molecule has 0 bridgehead atoms. The fraction of sp³-hybridized carbons (Fsp3) is 0.600. The first kappa shape index (κ1) is 12.6. The second kappa shape index (κ2) is 5.29. The van der Waals surface area contributed by atoms with Crippen molar-refractivity contribution in [2.45, 2.75) is 12.8 Å². The molecule has 19 heavy (non-hydrogen) atoms. The molecule has 0 radical (unpaired) electrons. The van der Waals surface area contributed by atoms with Crippen LogP contribution in [0.2, 0.25) is 0 Å². The van der Waals surface area contributed by atoms with Crippen LogP contribution in [0.15, 0.2) is 18.2 Å². The minimum Gasteiger partial charge on any atom is -0.397 e. The van der Waals surface area contributed by atoms with E-state index in [4.69, 9.17) is 5.73 Å². The van der Waals surface area contributed by atoms with Crippen LogP contribution in [0.3, 0.4) is 0 Å². The summed E-state index contributed by atoms with van der Waals surface area (Å²) in [5.41, 5.74) is 9.69. The van der Waals surface area contributed by atoms with Crippen LogP contribution in [-0.4, -0.2) is 51.2 Å². The molecule has 2 aliphatic heterocycles. The lowest BCUT2D eigenvalue weighted by atomic mass is 10.2. The minimum atomic E-state index is 0.925. The predicted octanol–water partition coefficient (Wildman–Crippen LogP) is 1.62. The van der Waals surface area contributed by atoms with Crippen LogP contribution in [0.4, 0.5) is 17.1 Å². The van der Waals surface area contributed by atoms with Gasteiger partial charge < -0.3 is 20.4 Å². The Hall–Kier alpha value is -1.42. The predicted molar refractivity (Wildman–Crippen MR) is 82.0 cm³/mol. The van der Waals surface area contributed by atoms with Crippen LogP contribution in [0.5, 0.6) is 0 Å². The summed E-state index contributed by atoms with van der Waals surface area (Å²) in [5, 5.41) is 0. The zero-order valence-corrected chi connectivity index (χ0v) is 11.8. The molecule has 4 nitrogen and oxygen atoms in total. The fourth-order valence-corrected chi connectivity index (χ4v) is 3.05. The van der Waals surface area contributed by atoms with E-state index in [2.05, 4.69) is 39.9 Å². The molecular formula is C15H24N4. The SMILES string of the molecule is CN1CCN(c2ccc(N3CCCC3)cc2N)CC1. The van der Waals surface area contributed by atoms with Gasteiger partial charge in [-0.25, -0.2) is 0 Å². The lowest BCUT2D eigenvalue weighted by Gasteiger charge is -2.35. The van der Waals surface area contributed by atoms with Crippen molar-refractivity contribution in [1.29, 1.82) is 0 Å². The highest BCUT2D eigenvalue weighted by Crippen LogP contribution is 2.30. The molecule has 104 valence electrons. The molecule has 2 aliphatic rings. The number of likely N-dealkylation sites (N-methyl/N-ethyl adjacent to an activating group) is 1. The van der Waals surface area contributed by atoms with Gasteiger partial charge in [0.25, 0.3) is 0 Å². The first-order chi connectivity index (χ1) is 9.24. The van der Waals surface area contributed by atoms with Gasteiger partial charge in [-0.15, -0.1) is 0 Å². The summed E-state index contributed by atoms with van der Waals surface area (Å²) in [6.07, 6.45) is 2.61. The van der Waals surface area contributed by atoms with Crippen LogP contribution in [0.25, 0.3) is 0 Å². The third-order valence-corrected chi connectivity index (χ3v) is 4.33. The van der Waals surface area contributed by atoms with Gasteiger partial charge in [-0.1, -0.05) is 0 Å². The second-order valence-corrected chi connectivity index (χ2v) is 5.73. The van der Waals surface area contributed by atoms with Gasteiger partial charge in [-0.3, -0.25) is 0 Å². The fourth-order valence-electron chi connectivity index (χ4n) is 3.05. The Kier molecular flexibility index (Phi) is 3.51. The smallest absolute Gasteiger partial charge is 0.0602 e. The van der Waals surface area contributed by atoms with E-state index in [0.29, 0.717) is 0 Å². The number of nitrogens with zero attached hydrogens (tertiary/aromatic N) is 3. The maximum Gasteiger partial charge on any atom is 0.0602 e. The maximum atomic E-state index is 6.27. The Balaban J connectivity index is 1.75. The molecule has 2 saturated heterocycles. The molecule has 4 heteroatoms. The normalized spacial score (nSPS) is 21.1. The monoisotopic (exact) mass is 260 g/mol. The van der Waals surface area contributed by atoms with E-state index < -0.39 is 0 Å². The largest absolute Gasteiger partial charge is 0.397 e. The van der Waals surface area contributed by atoms with Crippen LogP contribution < -0.4 is 15.5 Å². The molecule has 0 aliphatic carbocycles. The molecular weight excluding hydrogens is 236 g/mol. The zero-order chi connectivity index (χ0) is 13.2. The van der Waals surface area contributed by atoms with E-state index in [-0.39, 0.29) is 0 Å². The topological polar surface area (TPSA) is 35.7 Å².